The molecule has 0 aromatic carbocycles. The van der Waals surface area contributed by atoms with Crippen molar-refractivity contribution in [1.29, 1.82) is 0 Å². The Kier molecular flexibility index (Phi) is 62.2. The van der Waals surface area contributed by atoms with E-state index in [1.807, 2.05) is 0 Å². The number of rotatable bonds is 61. The van der Waals surface area contributed by atoms with E-state index in [1.165, 1.54) is 212 Å². The lowest BCUT2D eigenvalue weighted by molar-refractivity contribution is -0.167. The van der Waals surface area contributed by atoms with Gasteiger partial charge in [0, 0.05) is 19.3 Å². The van der Waals surface area contributed by atoms with Crippen molar-refractivity contribution in [2.75, 3.05) is 13.2 Å². The SMILES string of the molecule is CC/C=C\C/C=C\C/C=C\C/C=C\C/C=C\CCCCCCCCCC(=O)OC(COC(=O)CCCCCCCCCCC)COC(=O)CCCCCCCCCCCCCCCCCCCCCCCCCCCC. The molecule has 0 saturated heterocycles. The van der Waals surface area contributed by atoms with Gasteiger partial charge in [-0.1, -0.05) is 326 Å². The molecule has 0 spiro atoms. The van der Waals surface area contributed by atoms with Crippen LogP contribution in [-0.4, -0.2) is 37.2 Å². The van der Waals surface area contributed by atoms with Gasteiger partial charge in [0.05, 0.1) is 0 Å². The van der Waals surface area contributed by atoms with E-state index in [1.54, 1.807) is 0 Å². The topological polar surface area (TPSA) is 78.9 Å². The minimum absolute atomic E-state index is 0.0744. The Bertz CT molecular complexity index is 1360. The standard InChI is InChI=1S/C70H126O6/c1-4-7-10-13-16-19-21-23-25-27-29-31-33-34-35-37-38-40-42-44-46-48-51-54-57-60-63-69(72)75-66-67(65-74-68(71)62-59-56-53-50-18-15-12-9-6-3)76-70(73)64-61-58-55-52-49-47-45-43-41-39-36-32-30-28-26-24-22-20-17-14-11-8-5-2/h8,11,17,20,24,26,30,32,39,41,67H,4-7,9-10,12-16,18-19,21-23,25,27-29,31,33-38,40,42-66H2,1-3H3/b11-8-,20-17-,26-24-,32-30-,41-39-. The van der Waals surface area contributed by atoms with Crippen LogP contribution in [0.3, 0.4) is 0 Å². The zero-order chi connectivity index (χ0) is 55.0. The quantitative estimate of drug-likeness (QED) is 0.0261. The van der Waals surface area contributed by atoms with E-state index in [-0.39, 0.29) is 31.1 Å². The molecule has 442 valence electrons. The smallest absolute Gasteiger partial charge is 0.306 e. The van der Waals surface area contributed by atoms with Crippen LogP contribution in [-0.2, 0) is 28.6 Å². The Morgan fingerprint density at radius 1 is 0.276 bits per heavy atom. The average molecular weight is 1060 g/mol. The number of esters is 3. The molecule has 0 aromatic heterocycles. The van der Waals surface area contributed by atoms with E-state index in [9.17, 15) is 14.4 Å². The number of hydrogen-bond donors (Lipinski definition) is 0. The summed E-state index contributed by atoms with van der Waals surface area (Å²) in [5.74, 6) is -0.869. The minimum Gasteiger partial charge on any atom is -0.462 e. The number of hydrogen-bond acceptors (Lipinski definition) is 6. The van der Waals surface area contributed by atoms with Crippen LogP contribution < -0.4 is 0 Å². The summed E-state index contributed by atoms with van der Waals surface area (Å²) < 4.78 is 16.9. The van der Waals surface area contributed by atoms with Crippen molar-refractivity contribution in [1.82, 2.24) is 0 Å². The molecule has 0 aliphatic rings. The van der Waals surface area contributed by atoms with E-state index in [0.29, 0.717) is 19.3 Å². The number of allylic oxidation sites excluding steroid dienone is 10. The lowest BCUT2D eigenvalue weighted by Gasteiger charge is -2.18. The summed E-state index contributed by atoms with van der Waals surface area (Å²) in [6.07, 6.45) is 82.5. The molecule has 0 rings (SSSR count). The van der Waals surface area contributed by atoms with Gasteiger partial charge in [-0.15, -0.1) is 0 Å². The van der Waals surface area contributed by atoms with E-state index in [2.05, 4.69) is 81.5 Å². The van der Waals surface area contributed by atoms with Gasteiger partial charge in [0.25, 0.3) is 0 Å². The third-order valence-corrected chi connectivity index (χ3v) is 14.8. The van der Waals surface area contributed by atoms with Gasteiger partial charge in [-0.3, -0.25) is 14.4 Å². The predicted molar refractivity (Wildman–Crippen MR) is 330 cm³/mol. The van der Waals surface area contributed by atoms with Crippen molar-refractivity contribution in [2.24, 2.45) is 0 Å². The Labute approximate surface area is 472 Å². The third kappa shape index (κ3) is 62.0. The van der Waals surface area contributed by atoms with E-state index in [4.69, 9.17) is 14.2 Å². The summed E-state index contributed by atoms with van der Waals surface area (Å²) >= 11 is 0. The molecule has 0 radical (unpaired) electrons. The Hall–Kier alpha value is -2.89. The molecule has 6 heteroatoms. The summed E-state index contributed by atoms with van der Waals surface area (Å²) in [4.78, 5) is 38.2. The van der Waals surface area contributed by atoms with Crippen molar-refractivity contribution < 1.29 is 28.6 Å². The predicted octanol–water partition coefficient (Wildman–Crippen LogP) is 22.7. The van der Waals surface area contributed by atoms with Gasteiger partial charge in [0.15, 0.2) is 6.10 Å². The summed E-state index contributed by atoms with van der Waals surface area (Å²) in [5.41, 5.74) is 0. The monoisotopic (exact) mass is 1060 g/mol. The maximum absolute atomic E-state index is 12.9. The van der Waals surface area contributed by atoms with E-state index >= 15 is 0 Å². The Morgan fingerprint density at radius 3 is 0.803 bits per heavy atom. The van der Waals surface area contributed by atoms with E-state index < -0.39 is 6.10 Å². The molecular weight excluding hydrogens is 937 g/mol. The first-order valence-corrected chi connectivity index (χ1v) is 33.3. The molecule has 1 atom stereocenters. The highest BCUT2D eigenvalue weighted by Crippen LogP contribution is 2.18. The van der Waals surface area contributed by atoms with Gasteiger partial charge in [-0.05, 0) is 64.2 Å². The van der Waals surface area contributed by atoms with Crippen molar-refractivity contribution in [3.63, 3.8) is 0 Å². The second-order valence-corrected chi connectivity index (χ2v) is 22.4. The molecule has 0 aliphatic heterocycles. The third-order valence-electron chi connectivity index (χ3n) is 14.8. The maximum atomic E-state index is 12.9. The first-order chi connectivity index (χ1) is 37.5. The molecule has 0 N–H and O–H groups in total. The summed E-state index contributed by atoms with van der Waals surface area (Å²) in [6.45, 7) is 6.55. The first-order valence-electron chi connectivity index (χ1n) is 33.3. The summed E-state index contributed by atoms with van der Waals surface area (Å²) in [7, 11) is 0. The fourth-order valence-corrected chi connectivity index (χ4v) is 9.83. The number of unbranched alkanes of at least 4 members (excludes halogenated alkanes) is 40. The minimum atomic E-state index is -0.777. The van der Waals surface area contributed by atoms with Gasteiger partial charge in [0.2, 0.25) is 0 Å². The van der Waals surface area contributed by atoms with Crippen LogP contribution in [0.2, 0.25) is 0 Å². The fraction of sp³-hybridized carbons (Fsp3) is 0.814. The molecule has 0 amide bonds. The molecule has 0 saturated carbocycles. The van der Waals surface area contributed by atoms with Crippen molar-refractivity contribution in [2.45, 2.75) is 354 Å². The van der Waals surface area contributed by atoms with Crippen molar-refractivity contribution in [3.8, 4) is 0 Å². The molecule has 76 heavy (non-hydrogen) atoms. The van der Waals surface area contributed by atoms with Gasteiger partial charge in [-0.2, -0.15) is 0 Å². The molecule has 1 unspecified atom stereocenters. The first kappa shape index (κ1) is 73.1. The second-order valence-electron chi connectivity index (χ2n) is 22.4. The van der Waals surface area contributed by atoms with Crippen LogP contribution in [0.4, 0.5) is 0 Å². The highest BCUT2D eigenvalue weighted by atomic mass is 16.6. The summed E-state index contributed by atoms with van der Waals surface area (Å²) in [6, 6.07) is 0. The van der Waals surface area contributed by atoms with Crippen LogP contribution in [0.15, 0.2) is 60.8 Å². The van der Waals surface area contributed by atoms with Gasteiger partial charge >= 0.3 is 17.9 Å². The van der Waals surface area contributed by atoms with Gasteiger partial charge in [-0.25, -0.2) is 0 Å². The van der Waals surface area contributed by atoms with Gasteiger partial charge < -0.3 is 14.2 Å². The number of ether oxygens (including phenoxy) is 3. The zero-order valence-corrected chi connectivity index (χ0v) is 50.8. The maximum Gasteiger partial charge on any atom is 0.306 e. The molecule has 0 aromatic rings. The zero-order valence-electron chi connectivity index (χ0n) is 50.8. The molecular formula is C70H126O6. The number of carbonyl (C=O) groups excluding carboxylic acids is 3. The van der Waals surface area contributed by atoms with Crippen LogP contribution in [0.1, 0.15) is 348 Å². The highest BCUT2D eigenvalue weighted by Gasteiger charge is 2.19. The van der Waals surface area contributed by atoms with Crippen LogP contribution >= 0.6 is 0 Å². The molecule has 6 nitrogen and oxygen atoms in total. The Morgan fingerprint density at radius 2 is 0.513 bits per heavy atom. The number of carbonyl (C=O) groups is 3. The largest absolute Gasteiger partial charge is 0.462 e. The van der Waals surface area contributed by atoms with Crippen molar-refractivity contribution in [3.05, 3.63) is 60.8 Å². The summed E-state index contributed by atoms with van der Waals surface area (Å²) in [5, 5.41) is 0. The van der Waals surface area contributed by atoms with Crippen LogP contribution in [0.25, 0.3) is 0 Å². The molecule has 0 bridgehead atoms. The normalized spacial score (nSPS) is 12.4. The van der Waals surface area contributed by atoms with Gasteiger partial charge in [0.1, 0.15) is 13.2 Å². The highest BCUT2D eigenvalue weighted by molar-refractivity contribution is 5.71. The molecule has 0 aliphatic carbocycles. The van der Waals surface area contributed by atoms with E-state index in [0.717, 1.165) is 96.3 Å². The molecule has 0 fully saturated rings. The fourth-order valence-electron chi connectivity index (χ4n) is 9.83. The lowest BCUT2D eigenvalue weighted by atomic mass is 10.0. The second kappa shape index (κ2) is 64.6. The van der Waals surface area contributed by atoms with Crippen LogP contribution in [0.5, 0.6) is 0 Å². The van der Waals surface area contributed by atoms with Crippen LogP contribution in [0, 0.1) is 0 Å². The molecule has 0 heterocycles. The van der Waals surface area contributed by atoms with Crippen molar-refractivity contribution >= 4 is 17.9 Å². The average Bonchev–Trinajstić information content (AvgIpc) is 3.42. The Balaban J connectivity index is 4.17. The lowest BCUT2D eigenvalue weighted by Crippen LogP contribution is -2.30.